The highest BCUT2D eigenvalue weighted by Gasteiger charge is 2.30. The minimum Gasteiger partial charge on any atom is -0.393 e. The predicted molar refractivity (Wildman–Crippen MR) is 74.7 cm³/mol. The quantitative estimate of drug-likeness (QED) is 0.830. The van der Waals surface area contributed by atoms with Crippen molar-refractivity contribution in [2.24, 2.45) is 0 Å². The monoisotopic (exact) mass is 260 g/mol. The van der Waals surface area contributed by atoms with Crippen LogP contribution in [0.1, 0.15) is 11.1 Å². The fraction of sp³-hybridized carbons (Fsp3) is 0.200. The molecule has 0 spiro atoms. The SMILES string of the molecule is CSc1ccc([C@@](O)(CO)c2ccccc2)cc1. The van der Waals surface area contributed by atoms with Gasteiger partial charge < -0.3 is 10.2 Å². The lowest BCUT2D eigenvalue weighted by atomic mass is 9.87. The number of hydrogen-bond donors (Lipinski definition) is 2. The summed E-state index contributed by atoms with van der Waals surface area (Å²) in [6, 6.07) is 16.8. The third kappa shape index (κ3) is 2.43. The molecule has 0 radical (unpaired) electrons. The third-order valence-corrected chi connectivity index (χ3v) is 3.79. The molecule has 1 atom stereocenters. The topological polar surface area (TPSA) is 40.5 Å². The largest absolute Gasteiger partial charge is 0.393 e. The van der Waals surface area contributed by atoms with Crippen molar-refractivity contribution in [3.63, 3.8) is 0 Å². The van der Waals surface area contributed by atoms with E-state index in [1.54, 1.807) is 11.8 Å². The standard InChI is InChI=1S/C15H16O2S/c1-18-14-9-7-13(8-10-14)15(17,11-16)12-5-3-2-4-6-12/h2-10,16-17H,11H2,1H3/t15-/m1/s1. The summed E-state index contributed by atoms with van der Waals surface area (Å²) < 4.78 is 0. The van der Waals surface area contributed by atoms with Gasteiger partial charge in [-0.1, -0.05) is 42.5 Å². The number of aliphatic hydroxyl groups is 2. The van der Waals surface area contributed by atoms with E-state index in [4.69, 9.17) is 0 Å². The maximum absolute atomic E-state index is 10.7. The highest BCUT2D eigenvalue weighted by molar-refractivity contribution is 7.98. The Morgan fingerprint density at radius 2 is 1.50 bits per heavy atom. The Hall–Kier alpha value is -1.29. The summed E-state index contributed by atoms with van der Waals surface area (Å²) in [5.41, 5.74) is 0.0662. The molecule has 0 saturated carbocycles. The zero-order chi connectivity index (χ0) is 13.0. The fourth-order valence-electron chi connectivity index (χ4n) is 1.93. The summed E-state index contributed by atoms with van der Waals surface area (Å²) >= 11 is 1.65. The highest BCUT2D eigenvalue weighted by Crippen LogP contribution is 2.30. The summed E-state index contributed by atoms with van der Waals surface area (Å²) in [7, 11) is 0. The Balaban J connectivity index is 2.43. The maximum atomic E-state index is 10.7. The Kier molecular flexibility index (Phi) is 4.07. The minimum atomic E-state index is -1.34. The zero-order valence-electron chi connectivity index (χ0n) is 10.2. The van der Waals surface area contributed by atoms with E-state index >= 15 is 0 Å². The molecule has 0 amide bonds. The van der Waals surface area contributed by atoms with Crippen LogP contribution in [0, 0.1) is 0 Å². The molecular weight excluding hydrogens is 244 g/mol. The van der Waals surface area contributed by atoms with Gasteiger partial charge in [0.25, 0.3) is 0 Å². The van der Waals surface area contributed by atoms with Crippen molar-refractivity contribution in [1.82, 2.24) is 0 Å². The molecule has 2 N–H and O–H groups in total. The van der Waals surface area contributed by atoms with Crippen LogP contribution >= 0.6 is 11.8 Å². The van der Waals surface area contributed by atoms with Crippen LogP contribution in [0.5, 0.6) is 0 Å². The third-order valence-electron chi connectivity index (χ3n) is 3.05. The number of hydrogen-bond acceptors (Lipinski definition) is 3. The number of rotatable bonds is 4. The van der Waals surface area contributed by atoms with Crippen LogP contribution in [-0.2, 0) is 5.60 Å². The van der Waals surface area contributed by atoms with Crippen LogP contribution in [0.25, 0.3) is 0 Å². The zero-order valence-corrected chi connectivity index (χ0v) is 11.0. The van der Waals surface area contributed by atoms with Gasteiger partial charge in [-0.3, -0.25) is 0 Å². The lowest BCUT2D eigenvalue weighted by Crippen LogP contribution is -2.31. The van der Waals surface area contributed by atoms with Crippen molar-refractivity contribution in [3.05, 3.63) is 65.7 Å². The van der Waals surface area contributed by atoms with Gasteiger partial charge in [0.05, 0.1) is 6.61 Å². The number of thioether (sulfide) groups is 1. The molecule has 0 aliphatic rings. The average Bonchev–Trinajstić information content (AvgIpc) is 2.47. The Morgan fingerprint density at radius 3 is 2.00 bits per heavy atom. The molecule has 0 aliphatic heterocycles. The molecule has 2 aromatic carbocycles. The first-order chi connectivity index (χ1) is 8.70. The molecule has 2 rings (SSSR count). The molecule has 94 valence electrons. The van der Waals surface area contributed by atoms with Crippen molar-refractivity contribution in [2.75, 3.05) is 12.9 Å². The Labute approximate surface area is 111 Å². The molecule has 0 bridgehead atoms. The summed E-state index contributed by atoms with van der Waals surface area (Å²) in [4.78, 5) is 1.13. The minimum absolute atomic E-state index is 0.338. The first-order valence-electron chi connectivity index (χ1n) is 5.74. The van der Waals surface area contributed by atoms with E-state index in [0.29, 0.717) is 11.1 Å². The molecule has 0 aromatic heterocycles. The van der Waals surface area contributed by atoms with Gasteiger partial charge in [-0.2, -0.15) is 0 Å². The molecule has 0 saturated heterocycles. The number of benzene rings is 2. The molecule has 0 fully saturated rings. The first-order valence-corrected chi connectivity index (χ1v) is 6.96. The van der Waals surface area contributed by atoms with Crippen LogP contribution in [0.2, 0.25) is 0 Å². The first kappa shape index (κ1) is 13.1. The lowest BCUT2D eigenvalue weighted by molar-refractivity contribution is 0.0172. The molecule has 0 heterocycles. The highest BCUT2D eigenvalue weighted by atomic mass is 32.2. The Morgan fingerprint density at radius 1 is 0.944 bits per heavy atom. The van der Waals surface area contributed by atoms with E-state index < -0.39 is 5.60 Å². The van der Waals surface area contributed by atoms with Crippen LogP contribution in [0.4, 0.5) is 0 Å². The predicted octanol–water partition coefficient (Wildman–Crippen LogP) is 2.64. The fourth-order valence-corrected chi connectivity index (χ4v) is 2.34. The average molecular weight is 260 g/mol. The van der Waals surface area contributed by atoms with Gasteiger partial charge in [0.2, 0.25) is 0 Å². The van der Waals surface area contributed by atoms with Gasteiger partial charge in [-0.25, -0.2) is 0 Å². The van der Waals surface area contributed by atoms with Gasteiger partial charge in [-0.15, -0.1) is 11.8 Å². The van der Waals surface area contributed by atoms with Crippen molar-refractivity contribution in [3.8, 4) is 0 Å². The van der Waals surface area contributed by atoms with Gasteiger partial charge in [0.1, 0.15) is 5.60 Å². The summed E-state index contributed by atoms with van der Waals surface area (Å²) in [6.45, 7) is -0.338. The van der Waals surface area contributed by atoms with E-state index in [-0.39, 0.29) is 6.61 Å². The molecule has 0 aliphatic carbocycles. The molecule has 2 aromatic rings. The molecule has 18 heavy (non-hydrogen) atoms. The van der Waals surface area contributed by atoms with E-state index in [9.17, 15) is 10.2 Å². The van der Waals surface area contributed by atoms with E-state index in [1.807, 2.05) is 60.9 Å². The molecule has 2 nitrogen and oxygen atoms in total. The van der Waals surface area contributed by atoms with E-state index in [2.05, 4.69) is 0 Å². The second-order valence-corrected chi connectivity index (χ2v) is 4.99. The smallest absolute Gasteiger partial charge is 0.138 e. The summed E-state index contributed by atoms with van der Waals surface area (Å²) in [6.07, 6.45) is 2.00. The van der Waals surface area contributed by atoms with Crippen molar-refractivity contribution in [2.45, 2.75) is 10.5 Å². The Bertz CT molecular complexity index is 496. The second-order valence-electron chi connectivity index (χ2n) is 4.11. The normalized spacial score (nSPS) is 14.2. The van der Waals surface area contributed by atoms with E-state index in [1.165, 1.54) is 0 Å². The van der Waals surface area contributed by atoms with Crippen LogP contribution in [-0.4, -0.2) is 23.1 Å². The second kappa shape index (κ2) is 5.57. The summed E-state index contributed by atoms with van der Waals surface area (Å²) in [5.74, 6) is 0. The summed E-state index contributed by atoms with van der Waals surface area (Å²) in [5, 5.41) is 20.2. The van der Waals surface area contributed by atoms with Crippen LogP contribution < -0.4 is 0 Å². The van der Waals surface area contributed by atoms with Gasteiger partial charge in [0.15, 0.2) is 0 Å². The molecule has 3 heteroatoms. The van der Waals surface area contributed by atoms with Gasteiger partial charge in [0, 0.05) is 4.90 Å². The van der Waals surface area contributed by atoms with Crippen LogP contribution in [0.3, 0.4) is 0 Å². The van der Waals surface area contributed by atoms with Crippen molar-refractivity contribution < 1.29 is 10.2 Å². The van der Waals surface area contributed by atoms with Gasteiger partial charge in [-0.05, 0) is 29.5 Å². The maximum Gasteiger partial charge on any atom is 0.138 e. The van der Waals surface area contributed by atoms with E-state index in [0.717, 1.165) is 4.90 Å². The molecule has 0 unspecified atom stereocenters. The van der Waals surface area contributed by atoms with Crippen molar-refractivity contribution >= 4 is 11.8 Å². The van der Waals surface area contributed by atoms with Crippen molar-refractivity contribution in [1.29, 1.82) is 0 Å². The molecular formula is C15H16O2S. The van der Waals surface area contributed by atoms with Crippen LogP contribution in [0.15, 0.2) is 59.5 Å². The van der Waals surface area contributed by atoms with Gasteiger partial charge >= 0.3 is 0 Å². The lowest BCUT2D eigenvalue weighted by Gasteiger charge is -2.27. The number of aliphatic hydroxyl groups excluding tert-OH is 1.